The third-order valence-electron chi connectivity index (χ3n) is 1.73. The SMILES string of the molecule is O=C(O)c1cc(Br)cc(Br)c1NC(=O)C(F)F. The van der Waals surface area contributed by atoms with E-state index in [0.717, 1.165) is 0 Å². The van der Waals surface area contributed by atoms with Crippen molar-refractivity contribution in [1.82, 2.24) is 0 Å². The molecule has 0 unspecified atom stereocenters. The van der Waals surface area contributed by atoms with Crippen LogP contribution in [-0.2, 0) is 4.79 Å². The Balaban J connectivity index is 3.22. The minimum Gasteiger partial charge on any atom is -0.478 e. The lowest BCUT2D eigenvalue weighted by molar-refractivity contribution is -0.126. The second kappa shape index (κ2) is 5.54. The summed E-state index contributed by atoms with van der Waals surface area (Å²) in [6.45, 7) is 0. The standard InChI is InChI=1S/C9H5Br2F2NO3/c10-3-1-4(9(16)17)6(5(11)2-3)14-8(15)7(12)13/h1-2,7H,(H,14,15)(H,16,17). The summed E-state index contributed by atoms with van der Waals surface area (Å²) in [6.07, 6.45) is -3.22. The molecule has 4 nitrogen and oxygen atoms in total. The van der Waals surface area contributed by atoms with Crippen LogP contribution < -0.4 is 5.32 Å². The van der Waals surface area contributed by atoms with Gasteiger partial charge in [-0.25, -0.2) is 4.79 Å². The molecule has 1 aromatic carbocycles. The Morgan fingerprint density at radius 2 is 1.88 bits per heavy atom. The second-order valence-corrected chi connectivity index (χ2v) is 4.68. The van der Waals surface area contributed by atoms with Gasteiger partial charge in [0, 0.05) is 8.95 Å². The van der Waals surface area contributed by atoms with E-state index in [1.807, 2.05) is 5.32 Å². The highest BCUT2D eigenvalue weighted by molar-refractivity contribution is 9.11. The fourth-order valence-electron chi connectivity index (χ4n) is 1.05. The molecule has 0 aliphatic carbocycles. The molecule has 0 spiro atoms. The number of benzene rings is 1. The van der Waals surface area contributed by atoms with Gasteiger partial charge in [-0.15, -0.1) is 0 Å². The minimum atomic E-state index is -3.22. The highest BCUT2D eigenvalue weighted by Crippen LogP contribution is 2.31. The summed E-state index contributed by atoms with van der Waals surface area (Å²) < 4.78 is 24.8. The first-order chi connectivity index (χ1) is 7.82. The maximum absolute atomic E-state index is 12.1. The predicted molar refractivity (Wildman–Crippen MR) is 63.4 cm³/mol. The first-order valence-corrected chi connectivity index (χ1v) is 5.73. The highest BCUT2D eigenvalue weighted by atomic mass is 79.9. The van der Waals surface area contributed by atoms with Crippen molar-refractivity contribution in [2.45, 2.75) is 6.43 Å². The van der Waals surface area contributed by atoms with Crippen molar-refractivity contribution in [3.8, 4) is 0 Å². The number of anilines is 1. The quantitative estimate of drug-likeness (QED) is 0.856. The van der Waals surface area contributed by atoms with Gasteiger partial charge in [0.15, 0.2) is 0 Å². The van der Waals surface area contributed by atoms with Gasteiger partial charge in [-0.3, -0.25) is 4.79 Å². The molecule has 1 rings (SSSR count). The highest BCUT2D eigenvalue weighted by Gasteiger charge is 2.21. The molecule has 1 aromatic rings. The lowest BCUT2D eigenvalue weighted by Crippen LogP contribution is -2.22. The predicted octanol–water partition coefficient (Wildman–Crippen LogP) is 3.11. The van der Waals surface area contributed by atoms with Crippen LogP contribution in [0.5, 0.6) is 0 Å². The number of carboxylic acid groups (broad SMARTS) is 1. The lowest BCUT2D eigenvalue weighted by Gasteiger charge is -2.10. The molecule has 8 heteroatoms. The van der Waals surface area contributed by atoms with E-state index in [9.17, 15) is 18.4 Å². The number of alkyl halides is 2. The third kappa shape index (κ3) is 3.47. The van der Waals surface area contributed by atoms with Crippen LogP contribution >= 0.6 is 31.9 Å². The topological polar surface area (TPSA) is 66.4 Å². The third-order valence-corrected chi connectivity index (χ3v) is 2.82. The summed E-state index contributed by atoms with van der Waals surface area (Å²) >= 11 is 6.05. The number of carbonyl (C=O) groups excluding carboxylic acids is 1. The van der Waals surface area contributed by atoms with Crippen molar-refractivity contribution in [3.63, 3.8) is 0 Å². The van der Waals surface area contributed by atoms with Crippen molar-refractivity contribution >= 4 is 49.4 Å². The molecule has 0 saturated heterocycles. The first-order valence-electron chi connectivity index (χ1n) is 4.14. The molecule has 0 aliphatic heterocycles. The molecular weight excluding hydrogens is 368 g/mol. The summed E-state index contributed by atoms with van der Waals surface area (Å²) in [7, 11) is 0. The summed E-state index contributed by atoms with van der Waals surface area (Å²) in [5.74, 6) is -2.90. The molecule has 0 bridgehead atoms. The van der Waals surface area contributed by atoms with Crippen LogP contribution in [0, 0.1) is 0 Å². The average Bonchev–Trinajstić information content (AvgIpc) is 2.20. The number of amides is 1. The van der Waals surface area contributed by atoms with Gasteiger partial charge >= 0.3 is 12.4 Å². The molecule has 0 radical (unpaired) electrons. The van der Waals surface area contributed by atoms with Gasteiger partial charge in [0.2, 0.25) is 0 Å². The van der Waals surface area contributed by atoms with E-state index in [0.29, 0.717) is 4.47 Å². The number of rotatable bonds is 3. The van der Waals surface area contributed by atoms with E-state index >= 15 is 0 Å². The Bertz CT molecular complexity index is 480. The molecule has 0 fully saturated rings. The summed E-state index contributed by atoms with van der Waals surface area (Å²) in [4.78, 5) is 21.7. The molecule has 2 N–H and O–H groups in total. The van der Waals surface area contributed by atoms with Gasteiger partial charge in [0.05, 0.1) is 11.3 Å². The van der Waals surface area contributed by atoms with E-state index in [2.05, 4.69) is 31.9 Å². The number of hydrogen-bond acceptors (Lipinski definition) is 2. The zero-order valence-corrected chi connectivity index (χ0v) is 11.2. The first kappa shape index (κ1) is 14.0. The average molecular weight is 373 g/mol. The minimum absolute atomic E-state index is 0.193. The van der Waals surface area contributed by atoms with Crippen molar-refractivity contribution < 1.29 is 23.5 Å². The van der Waals surface area contributed by atoms with Gasteiger partial charge in [0.1, 0.15) is 0 Å². The number of nitrogens with one attached hydrogen (secondary N) is 1. The van der Waals surface area contributed by atoms with Crippen LogP contribution in [0.4, 0.5) is 14.5 Å². The Hall–Kier alpha value is -1.02. The lowest BCUT2D eigenvalue weighted by atomic mass is 10.2. The van der Waals surface area contributed by atoms with Gasteiger partial charge in [-0.1, -0.05) is 15.9 Å². The maximum atomic E-state index is 12.1. The molecule has 0 saturated carbocycles. The molecule has 0 aliphatic rings. The molecule has 0 atom stereocenters. The van der Waals surface area contributed by atoms with Gasteiger partial charge in [-0.2, -0.15) is 8.78 Å². The van der Waals surface area contributed by atoms with Crippen molar-refractivity contribution in [2.24, 2.45) is 0 Å². The van der Waals surface area contributed by atoms with Crippen molar-refractivity contribution in [2.75, 3.05) is 5.32 Å². The Kier molecular flexibility index (Phi) is 4.58. The fraction of sp³-hybridized carbons (Fsp3) is 0.111. The van der Waals surface area contributed by atoms with Crippen molar-refractivity contribution in [1.29, 1.82) is 0 Å². The molecule has 1 amide bonds. The van der Waals surface area contributed by atoms with E-state index in [4.69, 9.17) is 5.11 Å². The molecule has 0 heterocycles. The van der Waals surface area contributed by atoms with Crippen LogP contribution in [0.3, 0.4) is 0 Å². The molecule has 17 heavy (non-hydrogen) atoms. The van der Waals surface area contributed by atoms with E-state index < -0.39 is 18.3 Å². The number of carbonyl (C=O) groups is 2. The normalized spacial score (nSPS) is 10.4. The monoisotopic (exact) mass is 371 g/mol. The summed E-state index contributed by atoms with van der Waals surface area (Å²) in [5.41, 5.74) is -0.494. The van der Waals surface area contributed by atoms with Gasteiger partial charge in [0.25, 0.3) is 5.91 Å². The number of aromatic carboxylic acids is 1. The van der Waals surface area contributed by atoms with Crippen LogP contribution in [-0.4, -0.2) is 23.4 Å². The number of carboxylic acids is 1. The van der Waals surface area contributed by atoms with Crippen LogP contribution in [0.15, 0.2) is 21.1 Å². The van der Waals surface area contributed by atoms with Gasteiger partial charge in [-0.05, 0) is 28.1 Å². The van der Waals surface area contributed by atoms with E-state index in [1.54, 1.807) is 0 Å². The zero-order chi connectivity index (χ0) is 13.2. The molecule has 92 valence electrons. The maximum Gasteiger partial charge on any atom is 0.337 e. The summed E-state index contributed by atoms with van der Waals surface area (Å²) in [6, 6.07) is 2.64. The number of halogens is 4. The Labute approximate surface area is 111 Å². The zero-order valence-electron chi connectivity index (χ0n) is 8.01. The number of hydrogen-bond donors (Lipinski definition) is 2. The Morgan fingerprint density at radius 1 is 1.29 bits per heavy atom. The fourth-order valence-corrected chi connectivity index (χ4v) is 2.37. The van der Waals surface area contributed by atoms with E-state index in [1.165, 1.54) is 12.1 Å². The van der Waals surface area contributed by atoms with Crippen LogP contribution in [0.25, 0.3) is 0 Å². The molecule has 0 aromatic heterocycles. The van der Waals surface area contributed by atoms with Gasteiger partial charge < -0.3 is 10.4 Å². The van der Waals surface area contributed by atoms with Crippen LogP contribution in [0.1, 0.15) is 10.4 Å². The summed E-state index contributed by atoms with van der Waals surface area (Å²) in [5, 5.41) is 10.7. The van der Waals surface area contributed by atoms with Crippen LogP contribution in [0.2, 0.25) is 0 Å². The smallest absolute Gasteiger partial charge is 0.337 e. The second-order valence-electron chi connectivity index (χ2n) is 2.91. The van der Waals surface area contributed by atoms with E-state index in [-0.39, 0.29) is 15.7 Å². The van der Waals surface area contributed by atoms with Crippen molar-refractivity contribution in [3.05, 3.63) is 26.6 Å². The largest absolute Gasteiger partial charge is 0.478 e. The molecular formula is C9H5Br2F2NO3. The Morgan fingerprint density at radius 3 is 2.35 bits per heavy atom.